The molecule has 1 aromatic heterocycles. The van der Waals surface area contributed by atoms with Gasteiger partial charge in [-0.05, 0) is 18.1 Å². The molecule has 1 atom stereocenters. The fraction of sp³-hybridized carbons (Fsp3) is 0.267. The molecule has 0 aliphatic carbocycles. The number of furan rings is 1. The van der Waals surface area contributed by atoms with Gasteiger partial charge in [0.25, 0.3) is 0 Å². The van der Waals surface area contributed by atoms with Crippen LogP contribution in [0.5, 0.6) is 0 Å². The van der Waals surface area contributed by atoms with E-state index in [4.69, 9.17) is 9.52 Å². The molecule has 4 heteroatoms. The molecule has 0 amide bonds. The van der Waals surface area contributed by atoms with Crippen molar-refractivity contribution in [3.8, 4) is 0 Å². The first-order valence-electron chi connectivity index (χ1n) is 6.37. The number of carbonyl (C=O) groups is 1. The highest BCUT2D eigenvalue weighted by molar-refractivity contribution is 5.84. The first-order chi connectivity index (χ1) is 9.24. The third-order valence-electron chi connectivity index (χ3n) is 3.57. The minimum Gasteiger partial charge on any atom is -0.475 e. The third-order valence-corrected chi connectivity index (χ3v) is 3.57. The number of nitrogens with zero attached hydrogens (tertiary/aromatic N) is 1. The highest BCUT2D eigenvalue weighted by Crippen LogP contribution is 2.31. The summed E-state index contributed by atoms with van der Waals surface area (Å²) in [6, 6.07) is 13.6. The van der Waals surface area contributed by atoms with Crippen LogP contribution in [0.15, 0.2) is 46.9 Å². The van der Waals surface area contributed by atoms with Crippen molar-refractivity contribution < 1.29 is 14.3 Å². The molecule has 1 unspecified atom stereocenters. The van der Waals surface area contributed by atoms with Gasteiger partial charge in [-0.2, -0.15) is 0 Å². The van der Waals surface area contributed by atoms with Gasteiger partial charge in [-0.3, -0.25) is 0 Å². The molecule has 1 N–H and O–H groups in total. The van der Waals surface area contributed by atoms with Crippen LogP contribution in [0.4, 0.5) is 5.88 Å². The molecule has 1 aromatic carbocycles. The van der Waals surface area contributed by atoms with Crippen molar-refractivity contribution >= 4 is 11.9 Å². The van der Waals surface area contributed by atoms with Gasteiger partial charge in [0.2, 0.25) is 5.76 Å². The summed E-state index contributed by atoms with van der Waals surface area (Å²) in [6.45, 7) is 1.77. The molecule has 0 saturated carbocycles. The van der Waals surface area contributed by atoms with E-state index in [0.29, 0.717) is 11.8 Å². The van der Waals surface area contributed by atoms with Crippen LogP contribution in [0.3, 0.4) is 0 Å². The second-order valence-corrected chi connectivity index (χ2v) is 4.79. The number of benzene rings is 1. The first-order valence-corrected chi connectivity index (χ1v) is 6.37. The van der Waals surface area contributed by atoms with E-state index in [0.717, 1.165) is 19.5 Å². The van der Waals surface area contributed by atoms with E-state index in [1.54, 1.807) is 6.07 Å². The lowest BCUT2D eigenvalue weighted by molar-refractivity contribution is 0.0663. The van der Waals surface area contributed by atoms with E-state index < -0.39 is 5.97 Å². The summed E-state index contributed by atoms with van der Waals surface area (Å²) in [4.78, 5) is 12.9. The van der Waals surface area contributed by atoms with Crippen LogP contribution < -0.4 is 4.90 Å². The summed E-state index contributed by atoms with van der Waals surface area (Å²) < 4.78 is 5.34. The monoisotopic (exact) mass is 257 g/mol. The highest BCUT2D eigenvalue weighted by Gasteiger charge is 2.26. The largest absolute Gasteiger partial charge is 0.475 e. The van der Waals surface area contributed by atoms with Crippen molar-refractivity contribution in [2.45, 2.75) is 12.3 Å². The fourth-order valence-electron chi connectivity index (χ4n) is 2.57. The molecule has 4 nitrogen and oxygen atoms in total. The van der Waals surface area contributed by atoms with Gasteiger partial charge in [0.15, 0.2) is 5.88 Å². The Morgan fingerprint density at radius 2 is 2.00 bits per heavy atom. The number of hydrogen-bond donors (Lipinski definition) is 1. The van der Waals surface area contributed by atoms with Crippen LogP contribution in [0.25, 0.3) is 0 Å². The summed E-state index contributed by atoms with van der Waals surface area (Å²) in [7, 11) is 0. The molecule has 2 aromatic rings. The van der Waals surface area contributed by atoms with Crippen LogP contribution in [-0.2, 0) is 0 Å². The van der Waals surface area contributed by atoms with Gasteiger partial charge in [0.05, 0.1) is 0 Å². The van der Waals surface area contributed by atoms with Gasteiger partial charge in [0, 0.05) is 25.1 Å². The predicted octanol–water partition coefficient (Wildman–Crippen LogP) is 2.97. The maximum Gasteiger partial charge on any atom is 0.371 e. The standard InChI is InChI=1S/C15H15NO3/c17-15(18)13-6-7-14(19-13)16-9-8-12(10-16)11-4-2-1-3-5-11/h1-7,12H,8-10H2,(H,17,18). The molecule has 2 heterocycles. The molecule has 0 spiro atoms. The van der Waals surface area contributed by atoms with Crippen LogP contribution in [0.2, 0.25) is 0 Å². The van der Waals surface area contributed by atoms with E-state index in [2.05, 4.69) is 17.0 Å². The van der Waals surface area contributed by atoms with Crippen molar-refractivity contribution in [1.29, 1.82) is 0 Å². The number of aromatic carboxylic acids is 1. The molecule has 3 rings (SSSR count). The van der Waals surface area contributed by atoms with E-state index in [1.165, 1.54) is 11.6 Å². The number of carboxylic acids is 1. The van der Waals surface area contributed by atoms with Crippen LogP contribution in [0, 0.1) is 0 Å². The Morgan fingerprint density at radius 3 is 2.68 bits per heavy atom. The zero-order valence-electron chi connectivity index (χ0n) is 10.5. The minimum absolute atomic E-state index is 0.00170. The molecule has 1 fully saturated rings. The van der Waals surface area contributed by atoms with Gasteiger partial charge in [-0.15, -0.1) is 0 Å². The number of hydrogen-bond acceptors (Lipinski definition) is 3. The molecule has 1 saturated heterocycles. The Balaban J connectivity index is 1.73. The SMILES string of the molecule is O=C(O)c1ccc(N2CCC(c3ccccc3)C2)o1. The number of rotatable bonds is 3. The summed E-state index contributed by atoms with van der Waals surface area (Å²) in [6.07, 6.45) is 1.06. The van der Waals surface area contributed by atoms with Crippen molar-refractivity contribution in [2.24, 2.45) is 0 Å². The van der Waals surface area contributed by atoms with Crippen LogP contribution >= 0.6 is 0 Å². The Kier molecular flexibility index (Phi) is 2.99. The van der Waals surface area contributed by atoms with E-state index >= 15 is 0 Å². The van der Waals surface area contributed by atoms with Gasteiger partial charge >= 0.3 is 5.97 Å². The molecule has 1 aliphatic heterocycles. The van der Waals surface area contributed by atoms with Crippen molar-refractivity contribution in [2.75, 3.05) is 18.0 Å². The number of carboxylic acid groups (broad SMARTS) is 1. The predicted molar refractivity (Wildman–Crippen MR) is 71.7 cm³/mol. The van der Waals surface area contributed by atoms with Crippen LogP contribution in [0.1, 0.15) is 28.5 Å². The molecule has 0 bridgehead atoms. The second-order valence-electron chi connectivity index (χ2n) is 4.79. The third kappa shape index (κ3) is 2.34. The molecule has 1 aliphatic rings. The lowest BCUT2D eigenvalue weighted by atomic mass is 9.99. The maximum absolute atomic E-state index is 10.8. The fourth-order valence-corrected chi connectivity index (χ4v) is 2.57. The molecule has 98 valence electrons. The Bertz CT molecular complexity index is 576. The molecular weight excluding hydrogens is 242 g/mol. The summed E-state index contributed by atoms with van der Waals surface area (Å²) in [5.74, 6) is 0.110. The summed E-state index contributed by atoms with van der Waals surface area (Å²) >= 11 is 0. The van der Waals surface area contributed by atoms with E-state index in [1.807, 2.05) is 18.2 Å². The maximum atomic E-state index is 10.8. The molecular formula is C15H15NO3. The second kappa shape index (κ2) is 4.80. The summed E-state index contributed by atoms with van der Waals surface area (Å²) in [5, 5.41) is 8.86. The topological polar surface area (TPSA) is 53.7 Å². The van der Waals surface area contributed by atoms with E-state index in [-0.39, 0.29) is 5.76 Å². The number of anilines is 1. The van der Waals surface area contributed by atoms with Crippen LogP contribution in [-0.4, -0.2) is 24.2 Å². The van der Waals surface area contributed by atoms with Gasteiger partial charge in [0.1, 0.15) is 0 Å². The van der Waals surface area contributed by atoms with Crippen molar-refractivity contribution in [3.05, 3.63) is 53.8 Å². The molecule has 0 radical (unpaired) electrons. The first kappa shape index (κ1) is 11.8. The minimum atomic E-state index is -1.02. The van der Waals surface area contributed by atoms with E-state index in [9.17, 15) is 4.79 Å². The smallest absolute Gasteiger partial charge is 0.371 e. The average molecular weight is 257 g/mol. The Morgan fingerprint density at radius 1 is 1.21 bits per heavy atom. The van der Waals surface area contributed by atoms with Gasteiger partial charge in [-0.1, -0.05) is 30.3 Å². The Hall–Kier alpha value is -2.23. The average Bonchev–Trinajstić information content (AvgIpc) is 3.09. The van der Waals surface area contributed by atoms with Gasteiger partial charge in [-0.25, -0.2) is 4.79 Å². The molecule has 19 heavy (non-hydrogen) atoms. The van der Waals surface area contributed by atoms with Gasteiger partial charge < -0.3 is 14.4 Å². The zero-order valence-corrected chi connectivity index (χ0v) is 10.5. The lowest BCUT2D eigenvalue weighted by Crippen LogP contribution is -2.18. The summed E-state index contributed by atoms with van der Waals surface area (Å²) in [5.41, 5.74) is 1.33. The normalized spacial score (nSPS) is 18.7. The Labute approximate surface area is 111 Å². The quantitative estimate of drug-likeness (QED) is 0.918. The zero-order chi connectivity index (χ0) is 13.2. The highest BCUT2D eigenvalue weighted by atomic mass is 16.4. The van der Waals surface area contributed by atoms with Crippen molar-refractivity contribution in [1.82, 2.24) is 0 Å². The lowest BCUT2D eigenvalue weighted by Gasteiger charge is -2.15. The van der Waals surface area contributed by atoms with Crippen molar-refractivity contribution in [3.63, 3.8) is 0 Å².